The molecule has 1 aliphatic rings. The van der Waals surface area contributed by atoms with Gasteiger partial charge >= 0.3 is 6.09 Å². The van der Waals surface area contributed by atoms with E-state index in [2.05, 4.69) is 25.6 Å². The number of rotatable bonds is 4. The minimum Gasteiger partial charge on any atom is -0.391 e. The number of carbonyl (C=O) groups is 1. The van der Waals surface area contributed by atoms with E-state index in [-0.39, 0.29) is 17.5 Å². The normalized spacial score (nSPS) is 15.1. The van der Waals surface area contributed by atoms with Gasteiger partial charge in [0.2, 0.25) is 5.88 Å². The molecule has 0 aliphatic carbocycles. The summed E-state index contributed by atoms with van der Waals surface area (Å²) in [5.74, 6) is 0.266. The van der Waals surface area contributed by atoms with E-state index in [0.29, 0.717) is 23.5 Å². The quantitative estimate of drug-likeness (QED) is 0.628. The van der Waals surface area contributed by atoms with Crippen molar-refractivity contribution in [2.45, 2.75) is 49.6 Å². The van der Waals surface area contributed by atoms with E-state index in [0.717, 1.165) is 23.7 Å². The molecule has 156 valence electrons. The highest BCUT2D eigenvalue weighted by molar-refractivity contribution is 7.99. The van der Waals surface area contributed by atoms with Gasteiger partial charge in [0.25, 0.3) is 0 Å². The lowest BCUT2D eigenvalue weighted by Crippen LogP contribution is -2.42. The van der Waals surface area contributed by atoms with Crippen LogP contribution in [0, 0.1) is 0 Å². The van der Waals surface area contributed by atoms with Crippen LogP contribution in [0.2, 0.25) is 0 Å². The molecule has 1 aliphatic heterocycles. The van der Waals surface area contributed by atoms with E-state index >= 15 is 0 Å². The predicted molar refractivity (Wildman–Crippen MR) is 118 cm³/mol. The van der Waals surface area contributed by atoms with Crippen LogP contribution < -0.4 is 15.4 Å². The highest BCUT2D eigenvalue weighted by atomic mass is 32.2. The van der Waals surface area contributed by atoms with Crippen LogP contribution in [0.25, 0.3) is 0 Å². The second-order valence-electron chi connectivity index (χ2n) is 7.78. The van der Waals surface area contributed by atoms with Crippen molar-refractivity contribution in [1.29, 1.82) is 0 Å². The number of anilines is 1. The summed E-state index contributed by atoms with van der Waals surface area (Å²) in [6, 6.07) is 3.43. The summed E-state index contributed by atoms with van der Waals surface area (Å²) < 4.78 is 5.41. The second kappa shape index (κ2) is 9.45. The summed E-state index contributed by atoms with van der Waals surface area (Å²) in [4.78, 5) is 25.7. The molecular weight excluding hydrogens is 408 g/mol. The highest BCUT2D eigenvalue weighted by Crippen LogP contribution is 2.28. The van der Waals surface area contributed by atoms with Crippen LogP contribution in [0.15, 0.2) is 35.9 Å². The minimum atomic E-state index is -0.371. The summed E-state index contributed by atoms with van der Waals surface area (Å²) in [5, 5.41) is 8.10. The molecule has 3 heterocycles. The minimum absolute atomic E-state index is 0.128. The maximum absolute atomic E-state index is 12.4. The van der Waals surface area contributed by atoms with E-state index in [4.69, 9.17) is 17.0 Å². The molecule has 8 nitrogen and oxygen atoms in total. The lowest BCUT2D eigenvalue weighted by Gasteiger charge is -2.30. The summed E-state index contributed by atoms with van der Waals surface area (Å²) in [6.45, 7) is 7.40. The summed E-state index contributed by atoms with van der Waals surface area (Å²) in [5.41, 5.74) is 0.596. The van der Waals surface area contributed by atoms with Gasteiger partial charge in [0, 0.05) is 42.3 Å². The fourth-order valence-electron chi connectivity index (χ4n) is 2.80. The smallest absolute Gasteiger partial charge is 0.391 e. The summed E-state index contributed by atoms with van der Waals surface area (Å²) in [7, 11) is 0. The van der Waals surface area contributed by atoms with Crippen LogP contribution in [0.1, 0.15) is 33.6 Å². The number of aromatic amines is 1. The topological polar surface area (TPSA) is 95.2 Å². The van der Waals surface area contributed by atoms with Crippen molar-refractivity contribution in [2.75, 3.05) is 18.4 Å². The number of thioether (sulfide) groups is 1. The van der Waals surface area contributed by atoms with Crippen molar-refractivity contribution >= 4 is 40.9 Å². The Morgan fingerprint density at radius 3 is 2.66 bits per heavy atom. The van der Waals surface area contributed by atoms with E-state index in [1.165, 1.54) is 0 Å². The number of thiocarbonyl (C=S) groups is 1. The number of ether oxygens (including phenoxy) is 1. The zero-order chi connectivity index (χ0) is 20.9. The average Bonchev–Trinajstić information content (AvgIpc) is 3.15. The van der Waals surface area contributed by atoms with Gasteiger partial charge in [0.1, 0.15) is 0 Å². The van der Waals surface area contributed by atoms with E-state index in [9.17, 15) is 4.79 Å². The molecule has 0 saturated carbocycles. The molecule has 1 fully saturated rings. The largest absolute Gasteiger partial charge is 0.416 e. The molecule has 0 aromatic carbocycles. The van der Waals surface area contributed by atoms with Gasteiger partial charge in [-0.1, -0.05) is 11.8 Å². The fraction of sp³-hybridized carbons (Fsp3) is 0.474. The number of piperidine rings is 1. The number of nitrogens with one attached hydrogen (secondary N) is 3. The Morgan fingerprint density at radius 1 is 1.31 bits per heavy atom. The molecular formula is C19H26N6O2S2. The molecule has 0 atom stereocenters. The monoisotopic (exact) mass is 434 g/mol. The van der Waals surface area contributed by atoms with Gasteiger partial charge in [-0.3, -0.25) is 0 Å². The van der Waals surface area contributed by atoms with Crippen molar-refractivity contribution in [3.05, 3.63) is 30.7 Å². The SMILES string of the molecule is CC(C)(C)NC(=S)Nc1ccc(OC(=O)N2CCC(Sc3ncc[nH]3)CC2)nc1. The van der Waals surface area contributed by atoms with Crippen LogP contribution in [-0.2, 0) is 0 Å². The Morgan fingerprint density at radius 2 is 2.07 bits per heavy atom. The van der Waals surface area contributed by atoms with Crippen molar-refractivity contribution < 1.29 is 9.53 Å². The molecule has 3 rings (SSSR count). The number of H-pyrrole nitrogens is 1. The Kier molecular flexibility index (Phi) is 6.96. The van der Waals surface area contributed by atoms with Gasteiger partial charge in [-0.15, -0.1) is 0 Å². The Hall–Kier alpha value is -2.33. The number of aromatic nitrogens is 3. The van der Waals surface area contributed by atoms with Crippen LogP contribution in [0.3, 0.4) is 0 Å². The predicted octanol–water partition coefficient (Wildman–Crippen LogP) is 3.65. The number of hydrogen-bond acceptors (Lipinski definition) is 6. The van der Waals surface area contributed by atoms with E-state index < -0.39 is 0 Å². The molecule has 29 heavy (non-hydrogen) atoms. The van der Waals surface area contributed by atoms with Crippen LogP contribution in [-0.4, -0.2) is 54.9 Å². The molecule has 10 heteroatoms. The highest BCUT2D eigenvalue weighted by Gasteiger charge is 2.25. The number of carbonyl (C=O) groups excluding carboxylic acids is 1. The maximum Gasteiger partial charge on any atom is 0.416 e. The number of likely N-dealkylation sites (tertiary alicyclic amines) is 1. The first kappa shape index (κ1) is 21.4. The van der Waals surface area contributed by atoms with Gasteiger partial charge < -0.3 is 25.3 Å². The zero-order valence-electron chi connectivity index (χ0n) is 16.8. The van der Waals surface area contributed by atoms with Crippen molar-refractivity contribution in [3.63, 3.8) is 0 Å². The maximum atomic E-state index is 12.4. The third-order valence-corrected chi connectivity index (χ3v) is 5.58. The third kappa shape index (κ3) is 6.90. The molecule has 0 spiro atoms. The number of nitrogens with zero attached hydrogens (tertiary/aromatic N) is 3. The molecule has 0 bridgehead atoms. The molecule has 2 aromatic rings. The fourth-order valence-corrected chi connectivity index (χ4v) is 4.24. The molecule has 2 aromatic heterocycles. The number of pyridine rings is 1. The van der Waals surface area contributed by atoms with Crippen molar-refractivity contribution in [2.24, 2.45) is 0 Å². The second-order valence-corrected chi connectivity index (χ2v) is 9.48. The standard InChI is InChI=1S/C19H26N6O2S2/c1-19(2,3)24-16(28)23-13-4-5-15(22-12-13)27-18(26)25-10-6-14(7-11-25)29-17-20-8-9-21-17/h4-5,8-9,12,14H,6-7,10-11H2,1-3H3,(H,20,21)(H2,23,24,28). The van der Waals surface area contributed by atoms with Gasteiger partial charge in [-0.2, -0.15) is 0 Å². The number of imidazole rings is 1. The third-order valence-electron chi connectivity index (χ3n) is 4.13. The van der Waals surface area contributed by atoms with E-state index in [1.54, 1.807) is 41.2 Å². The first-order valence-electron chi connectivity index (χ1n) is 9.46. The molecule has 0 radical (unpaired) electrons. The van der Waals surface area contributed by atoms with Crippen molar-refractivity contribution in [3.8, 4) is 5.88 Å². The number of amides is 1. The summed E-state index contributed by atoms with van der Waals surface area (Å²) in [6.07, 6.45) is 6.58. The first-order valence-corrected chi connectivity index (χ1v) is 10.8. The van der Waals surface area contributed by atoms with Gasteiger partial charge in [-0.05, 0) is 51.9 Å². The van der Waals surface area contributed by atoms with Crippen LogP contribution in [0.5, 0.6) is 5.88 Å². The lowest BCUT2D eigenvalue weighted by molar-refractivity contribution is 0.142. The van der Waals surface area contributed by atoms with Crippen LogP contribution >= 0.6 is 24.0 Å². The first-order chi connectivity index (χ1) is 13.8. The van der Waals surface area contributed by atoms with Gasteiger partial charge in [-0.25, -0.2) is 14.8 Å². The Bertz CT molecular complexity index is 812. The Balaban J connectivity index is 1.44. The lowest BCUT2D eigenvalue weighted by atomic mass is 10.1. The summed E-state index contributed by atoms with van der Waals surface area (Å²) >= 11 is 6.99. The number of hydrogen-bond donors (Lipinski definition) is 3. The average molecular weight is 435 g/mol. The molecule has 1 amide bonds. The zero-order valence-corrected chi connectivity index (χ0v) is 18.4. The Labute approximate surface area is 180 Å². The molecule has 3 N–H and O–H groups in total. The van der Waals surface area contributed by atoms with Crippen LogP contribution in [0.4, 0.5) is 10.5 Å². The van der Waals surface area contributed by atoms with Gasteiger partial charge in [0.05, 0.1) is 11.9 Å². The van der Waals surface area contributed by atoms with Gasteiger partial charge in [0.15, 0.2) is 10.3 Å². The molecule has 0 unspecified atom stereocenters. The molecule has 1 saturated heterocycles. The van der Waals surface area contributed by atoms with E-state index in [1.807, 2.05) is 27.0 Å². The van der Waals surface area contributed by atoms with Crippen molar-refractivity contribution in [1.82, 2.24) is 25.2 Å².